The van der Waals surface area contributed by atoms with Crippen LogP contribution in [0.3, 0.4) is 0 Å². The van der Waals surface area contributed by atoms with E-state index >= 15 is 0 Å². The van der Waals surface area contributed by atoms with Gasteiger partial charge in [0.1, 0.15) is 6.04 Å². The first-order chi connectivity index (χ1) is 10.5. The molecule has 1 atom stereocenters. The number of sulfonamides is 1. The fourth-order valence-corrected chi connectivity index (χ4v) is 3.26. The summed E-state index contributed by atoms with van der Waals surface area (Å²) in [5.41, 5.74) is 5.45. The van der Waals surface area contributed by atoms with E-state index in [-0.39, 0.29) is 30.5 Å². The van der Waals surface area contributed by atoms with Crippen LogP contribution in [0.25, 0.3) is 10.8 Å². The second-order valence-corrected chi connectivity index (χ2v) is 6.38. The van der Waals surface area contributed by atoms with E-state index in [4.69, 9.17) is 10.5 Å². The normalized spacial score (nSPS) is 12.4. The average Bonchev–Trinajstić information content (AvgIpc) is 2.52. The van der Waals surface area contributed by atoms with Gasteiger partial charge in [0.25, 0.3) is 0 Å². The summed E-state index contributed by atoms with van der Waals surface area (Å²) in [7, 11) is -3.86. The van der Waals surface area contributed by atoms with Gasteiger partial charge in [-0.05, 0) is 29.8 Å². The number of carbonyl (C=O) groups is 1. The van der Waals surface area contributed by atoms with Crippen LogP contribution in [0.15, 0.2) is 47.4 Å². The highest BCUT2D eigenvalue weighted by Crippen LogP contribution is 2.19. The van der Waals surface area contributed by atoms with Gasteiger partial charge in [-0.15, -0.1) is 12.4 Å². The van der Waals surface area contributed by atoms with Gasteiger partial charge in [-0.2, -0.15) is 4.72 Å². The molecule has 2 aromatic rings. The molecule has 23 heavy (non-hydrogen) atoms. The second kappa shape index (κ2) is 8.26. The van der Waals surface area contributed by atoms with Crippen LogP contribution in [0.5, 0.6) is 0 Å². The SMILES string of the molecule is CCOC(=O)[C@H](CN)NS(=O)(=O)c1ccc2ccccc2c1.Cl. The van der Waals surface area contributed by atoms with E-state index in [1.165, 1.54) is 6.07 Å². The van der Waals surface area contributed by atoms with E-state index < -0.39 is 22.0 Å². The number of hydrogen-bond donors (Lipinski definition) is 2. The fourth-order valence-electron chi connectivity index (χ4n) is 2.03. The Kier molecular flexibility index (Phi) is 6.96. The van der Waals surface area contributed by atoms with Crippen LogP contribution in [0, 0.1) is 0 Å². The summed E-state index contributed by atoms with van der Waals surface area (Å²) in [5.74, 6) is -0.686. The lowest BCUT2D eigenvalue weighted by atomic mass is 10.1. The van der Waals surface area contributed by atoms with Crippen molar-refractivity contribution in [3.05, 3.63) is 42.5 Å². The van der Waals surface area contributed by atoms with Crippen LogP contribution in [0.4, 0.5) is 0 Å². The zero-order valence-electron chi connectivity index (χ0n) is 12.6. The Morgan fingerprint density at radius 1 is 1.22 bits per heavy atom. The van der Waals surface area contributed by atoms with Crippen LogP contribution in [0.1, 0.15) is 6.92 Å². The molecule has 0 aliphatic carbocycles. The van der Waals surface area contributed by atoms with E-state index in [9.17, 15) is 13.2 Å². The van der Waals surface area contributed by atoms with Gasteiger partial charge in [0.15, 0.2) is 0 Å². The number of benzene rings is 2. The van der Waals surface area contributed by atoms with Crippen LogP contribution in [-0.4, -0.2) is 33.6 Å². The maximum absolute atomic E-state index is 12.4. The van der Waals surface area contributed by atoms with E-state index in [1.54, 1.807) is 19.1 Å². The Bertz CT molecular complexity index is 780. The second-order valence-electron chi connectivity index (χ2n) is 4.67. The van der Waals surface area contributed by atoms with Crippen molar-refractivity contribution in [2.45, 2.75) is 17.9 Å². The van der Waals surface area contributed by atoms with Gasteiger partial charge < -0.3 is 10.5 Å². The number of nitrogens with one attached hydrogen (secondary N) is 1. The molecule has 0 spiro atoms. The van der Waals surface area contributed by atoms with Crippen LogP contribution >= 0.6 is 12.4 Å². The molecule has 0 aliphatic heterocycles. The molecule has 126 valence electrons. The van der Waals surface area contributed by atoms with E-state index in [2.05, 4.69) is 4.72 Å². The van der Waals surface area contributed by atoms with Gasteiger partial charge in [0.05, 0.1) is 11.5 Å². The van der Waals surface area contributed by atoms with E-state index in [0.29, 0.717) is 0 Å². The van der Waals surface area contributed by atoms with Crippen molar-refractivity contribution in [3.63, 3.8) is 0 Å². The lowest BCUT2D eigenvalue weighted by Crippen LogP contribution is -2.46. The molecule has 0 heterocycles. The quantitative estimate of drug-likeness (QED) is 0.761. The Labute approximate surface area is 141 Å². The zero-order valence-corrected chi connectivity index (χ0v) is 14.2. The molecule has 3 N–H and O–H groups in total. The lowest BCUT2D eigenvalue weighted by Gasteiger charge is -2.15. The standard InChI is InChI=1S/C15H18N2O4S.ClH/c1-2-21-15(18)14(10-16)17-22(19,20)13-8-7-11-5-3-4-6-12(11)9-13;/h3-9,14,17H,2,10,16H2,1H3;1H/t14-;/m0./s1. The first-order valence-electron chi connectivity index (χ1n) is 6.85. The first-order valence-corrected chi connectivity index (χ1v) is 8.34. The van der Waals surface area contributed by atoms with Gasteiger partial charge in [0.2, 0.25) is 10.0 Å². The third kappa shape index (κ3) is 4.65. The summed E-state index contributed by atoms with van der Waals surface area (Å²) in [4.78, 5) is 11.7. The number of fused-ring (bicyclic) bond motifs is 1. The molecule has 2 rings (SSSR count). The maximum atomic E-state index is 12.4. The molecule has 2 aromatic carbocycles. The molecule has 0 amide bonds. The topological polar surface area (TPSA) is 98.5 Å². The zero-order chi connectivity index (χ0) is 16.2. The molecule has 0 saturated carbocycles. The van der Waals surface area contributed by atoms with Gasteiger partial charge in [-0.3, -0.25) is 4.79 Å². The number of rotatable bonds is 6. The molecule has 0 saturated heterocycles. The third-order valence-electron chi connectivity index (χ3n) is 3.14. The van der Waals surface area contributed by atoms with E-state index in [0.717, 1.165) is 10.8 Å². The summed E-state index contributed by atoms with van der Waals surface area (Å²) < 4.78 is 31.8. The summed E-state index contributed by atoms with van der Waals surface area (Å²) in [5, 5.41) is 1.73. The molecule has 0 fully saturated rings. The molecule has 8 heteroatoms. The van der Waals surface area contributed by atoms with E-state index in [1.807, 2.05) is 24.3 Å². The molecule has 0 unspecified atom stereocenters. The van der Waals surface area contributed by atoms with Gasteiger partial charge in [-0.25, -0.2) is 8.42 Å². The summed E-state index contributed by atoms with van der Waals surface area (Å²) in [6.07, 6.45) is 0. The highest BCUT2D eigenvalue weighted by molar-refractivity contribution is 7.89. The Balaban J connectivity index is 0.00000264. The number of carbonyl (C=O) groups excluding carboxylic acids is 1. The monoisotopic (exact) mass is 358 g/mol. The molecule has 6 nitrogen and oxygen atoms in total. The van der Waals surface area contributed by atoms with Crippen molar-refractivity contribution >= 4 is 39.2 Å². The van der Waals surface area contributed by atoms with Crippen molar-refractivity contribution in [1.82, 2.24) is 4.72 Å². The average molecular weight is 359 g/mol. The molecular formula is C15H19ClN2O4S. The van der Waals surface area contributed by atoms with Crippen LogP contribution in [-0.2, 0) is 19.6 Å². The smallest absolute Gasteiger partial charge is 0.325 e. The molecule has 0 aliphatic rings. The number of ether oxygens (including phenoxy) is 1. The Morgan fingerprint density at radius 2 is 1.87 bits per heavy atom. The van der Waals surface area contributed by atoms with Crippen molar-refractivity contribution < 1.29 is 17.9 Å². The largest absolute Gasteiger partial charge is 0.465 e. The van der Waals surface area contributed by atoms with Gasteiger partial charge >= 0.3 is 5.97 Å². The minimum Gasteiger partial charge on any atom is -0.465 e. The Morgan fingerprint density at radius 3 is 2.48 bits per heavy atom. The minimum atomic E-state index is -3.86. The number of esters is 1. The van der Waals surface area contributed by atoms with Gasteiger partial charge in [-0.1, -0.05) is 30.3 Å². The summed E-state index contributed by atoms with van der Waals surface area (Å²) in [6, 6.07) is 11.1. The lowest BCUT2D eigenvalue weighted by molar-refractivity contribution is -0.144. The first kappa shape index (κ1) is 19.4. The highest BCUT2D eigenvalue weighted by Gasteiger charge is 2.25. The Hall–Kier alpha value is -1.67. The third-order valence-corrected chi connectivity index (χ3v) is 4.60. The van der Waals surface area contributed by atoms with Crippen LogP contribution < -0.4 is 10.5 Å². The van der Waals surface area contributed by atoms with Crippen molar-refractivity contribution in [3.8, 4) is 0 Å². The predicted molar refractivity (Wildman–Crippen MR) is 91.0 cm³/mol. The predicted octanol–water partition coefficient (Wildman–Crippen LogP) is 1.43. The number of halogens is 1. The van der Waals surface area contributed by atoms with Crippen LogP contribution in [0.2, 0.25) is 0 Å². The molecule has 0 aromatic heterocycles. The molecule has 0 bridgehead atoms. The maximum Gasteiger partial charge on any atom is 0.325 e. The highest BCUT2D eigenvalue weighted by atomic mass is 35.5. The summed E-state index contributed by atoms with van der Waals surface area (Å²) in [6.45, 7) is 1.63. The number of hydrogen-bond acceptors (Lipinski definition) is 5. The van der Waals surface area contributed by atoms with Gasteiger partial charge in [0, 0.05) is 6.54 Å². The minimum absolute atomic E-state index is 0. The number of nitrogens with two attached hydrogens (primary N) is 1. The fraction of sp³-hybridized carbons (Fsp3) is 0.267. The molecular weight excluding hydrogens is 340 g/mol. The van der Waals surface area contributed by atoms with Crippen molar-refractivity contribution in [1.29, 1.82) is 0 Å². The van der Waals surface area contributed by atoms with Crippen molar-refractivity contribution in [2.24, 2.45) is 5.73 Å². The summed E-state index contributed by atoms with van der Waals surface area (Å²) >= 11 is 0. The molecule has 0 radical (unpaired) electrons. The van der Waals surface area contributed by atoms with Crippen molar-refractivity contribution in [2.75, 3.05) is 13.2 Å².